The number of hydrogen-bond acceptors (Lipinski definition) is 3. The minimum absolute atomic E-state index is 0.105. The lowest BCUT2D eigenvalue weighted by Gasteiger charge is -2.32. The molecule has 1 spiro atoms. The molecule has 0 radical (unpaired) electrons. The van der Waals surface area contributed by atoms with Crippen molar-refractivity contribution in [3.63, 3.8) is 0 Å². The van der Waals surface area contributed by atoms with Crippen LogP contribution in [0.3, 0.4) is 0 Å². The largest absolute Gasteiger partial charge is 0.469 e. The number of amides is 1. The number of ether oxygens (including phenoxy) is 1. The van der Waals surface area contributed by atoms with E-state index in [1.807, 2.05) is 24.0 Å². The molecule has 2 fully saturated rings. The van der Waals surface area contributed by atoms with Gasteiger partial charge in [-0.05, 0) is 63.5 Å². The highest BCUT2D eigenvalue weighted by Gasteiger charge is 2.44. The Labute approximate surface area is 125 Å². The lowest BCUT2D eigenvalue weighted by atomic mass is 10.0. The van der Waals surface area contributed by atoms with Crippen LogP contribution in [0.5, 0.6) is 5.88 Å². The van der Waals surface area contributed by atoms with Crippen LogP contribution in [0.25, 0.3) is 0 Å². The van der Waals surface area contributed by atoms with Crippen LogP contribution in [0.4, 0.5) is 0 Å². The van der Waals surface area contributed by atoms with Crippen LogP contribution < -0.4 is 4.74 Å². The summed E-state index contributed by atoms with van der Waals surface area (Å²) < 4.78 is 6.32. The van der Waals surface area contributed by atoms with Gasteiger partial charge in [0.25, 0.3) is 5.91 Å². The van der Waals surface area contributed by atoms with Crippen molar-refractivity contribution >= 4 is 5.91 Å². The van der Waals surface area contributed by atoms with E-state index < -0.39 is 0 Å². The molecule has 1 aromatic rings. The Morgan fingerprint density at radius 3 is 2.81 bits per heavy atom. The maximum absolute atomic E-state index is 12.9. The fourth-order valence-electron chi connectivity index (χ4n) is 3.64. The average molecular weight is 286 g/mol. The molecule has 0 bridgehead atoms. The Morgan fingerprint density at radius 2 is 2.10 bits per heavy atom. The van der Waals surface area contributed by atoms with Crippen LogP contribution in [0.1, 0.15) is 54.6 Å². The summed E-state index contributed by atoms with van der Waals surface area (Å²) in [6, 6.07) is 3.79. The third-order valence-electron chi connectivity index (χ3n) is 5.00. The minimum Gasteiger partial charge on any atom is -0.469 e. The van der Waals surface area contributed by atoms with Gasteiger partial charge in [0.2, 0.25) is 5.88 Å². The summed E-state index contributed by atoms with van der Waals surface area (Å²) >= 11 is 0. The summed E-state index contributed by atoms with van der Waals surface area (Å²) in [5.41, 5.74) is 1.35. The summed E-state index contributed by atoms with van der Waals surface area (Å²) in [7, 11) is 0. The third-order valence-corrected chi connectivity index (χ3v) is 5.00. The molecule has 4 nitrogen and oxygen atoms in total. The highest BCUT2D eigenvalue weighted by atomic mass is 16.5. The van der Waals surface area contributed by atoms with Gasteiger partial charge in [-0.1, -0.05) is 0 Å². The van der Waals surface area contributed by atoms with Crippen molar-refractivity contribution < 1.29 is 9.53 Å². The molecule has 2 aliphatic carbocycles. The lowest BCUT2D eigenvalue weighted by molar-refractivity contribution is 0.0347. The number of nitrogens with zero attached hydrogens (tertiary/aromatic N) is 2. The molecule has 0 N–H and O–H groups in total. The van der Waals surface area contributed by atoms with E-state index in [0.29, 0.717) is 17.4 Å². The molecule has 2 heterocycles. The van der Waals surface area contributed by atoms with Gasteiger partial charge in [-0.2, -0.15) is 0 Å². The summed E-state index contributed by atoms with van der Waals surface area (Å²) in [5, 5.41) is 0. The van der Waals surface area contributed by atoms with Gasteiger partial charge in [0.15, 0.2) is 0 Å². The van der Waals surface area contributed by atoms with Crippen molar-refractivity contribution in [2.75, 3.05) is 13.1 Å². The Balaban J connectivity index is 1.73. The summed E-state index contributed by atoms with van der Waals surface area (Å²) in [6.07, 6.45) is 6.97. The van der Waals surface area contributed by atoms with E-state index in [4.69, 9.17) is 4.74 Å². The molecule has 4 rings (SSSR count). The number of pyridine rings is 1. The van der Waals surface area contributed by atoms with E-state index in [9.17, 15) is 4.79 Å². The topological polar surface area (TPSA) is 42.4 Å². The number of carbonyl (C=O) groups is 1. The van der Waals surface area contributed by atoms with Crippen LogP contribution in [-0.4, -0.2) is 34.5 Å². The molecule has 112 valence electrons. The van der Waals surface area contributed by atoms with Crippen LogP contribution in [0.15, 0.2) is 12.1 Å². The van der Waals surface area contributed by atoms with E-state index in [2.05, 4.69) is 4.98 Å². The number of aromatic nitrogens is 1. The molecule has 0 unspecified atom stereocenters. The van der Waals surface area contributed by atoms with E-state index in [1.54, 1.807) is 0 Å². The smallest absolute Gasteiger partial charge is 0.259 e. The van der Waals surface area contributed by atoms with Crippen molar-refractivity contribution in [2.45, 2.75) is 51.0 Å². The van der Waals surface area contributed by atoms with Gasteiger partial charge >= 0.3 is 0 Å². The maximum atomic E-state index is 12.9. The Morgan fingerprint density at radius 1 is 1.33 bits per heavy atom. The number of hydrogen-bond donors (Lipinski definition) is 0. The number of rotatable bonds is 2. The predicted octanol–water partition coefficient (Wildman–Crippen LogP) is 2.95. The standard InChI is InChI=1S/C17H22N2O2/c1-12-4-7-14-15(18-12)21-17(8-2-3-9-17)11-19(16(14)20)10-13-5-6-13/h4,7,13H,2-3,5-6,8-11H2,1H3. The summed E-state index contributed by atoms with van der Waals surface area (Å²) in [6.45, 7) is 3.57. The van der Waals surface area contributed by atoms with E-state index in [1.165, 1.54) is 25.7 Å². The van der Waals surface area contributed by atoms with Gasteiger partial charge in [-0.25, -0.2) is 4.98 Å². The van der Waals surface area contributed by atoms with E-state index >= 15 is 0 Å². The number of carbonyl (C=O) groups excluding carboxylic acids is 1. The highest BCUT2D eigenvalue weighted by Crippen LogP contribution is 2.40. The van der Waals surface area contributed by atoms with Crippen molar-refractivity contribution in [3.05, 3.63) is 23.4 Å². The van der Waals surface area contributed by atoms with Crippen LogP contribution in [0, 0.1) is 12.8 Å². The van der Waals surface area contributed by atoms with Crippen molar-refractivity contribution in [1.29, 1.82) is 0 Å². The lowest BCUT2D eigenvalue weighted by Crippen LogP contribution is -2.46. The van der Waals surface area contributed by atoms with Gasteiger partial charge in [-0.15, -0.1) is 0 Å². The van der Waals surface area contributed by atoms with E-state index in [-0.39, 0.29) is 11.5 Å². The molecule has 4 heteroatoms. The first kappa shape index (κ1) is 13.1. The number of fused-ring (bicyclic) bond motifs is 1. The van der Waals surface area contributed by atoms with Gasteiger partial charge in [-0.3, -0.25) is 4.79 Å². The minimum atomic E-state index is -0.198. The molecule has 2 saturated carbocycles. The molecule has 0 saturated heterocycles. The monoisotopic (exact) mass is 286 g/mol. The first-order chi connectivity index (χ1) is 10.2. The second kappa shape index (κ2) is 4.72. The zero-order valence-electron chi connectivity index (χ0n) is 12.6. The zero-order chi connectivity index (χ0) is 14.4. The van der Waals surface area contributed by atoms with Gasteiger partial charge in [0, 0.05) is 12.2 Å². The molecular formula is C17H22N2O2. The average Bonchev–Trinajstić information content (AvgIpc) is 3.17. The Bertz CT molecular complexity index is 574. The quantitative estimate of drug-likeness (QED) is 0.839. The van der Waals surface area contributed by atoms with Gasteiger partial charge in [0.05, 0.1) is 6.54 Å². The predicted molar refractivity (Wildman–Crippen MR) is 79.4 cm³/mol. The molecule has 0 atom stereocenters. The highest BCUT2D eigenvalue weighted by molar-refractivity contribution is 5.96. The van der Waals surface area contributed by atoms with Crippen LogP contribution >= 0.6 is 0 Å². The molecule has 1 amide bonds. The normalized spacial score (nSPS) is 23.9. The Kier molecular flexibility index (Phi) is 2.95. The summed E-state index contributed by atoms with van der Waals surface area (Å²) in [4.78, 5) is 19.4. The molecule has 1 aromatic heterocycles. The Hall–Kier alpha value is -1.58. The van der Waals surface area contributed by atoms with Crippen molar-refractivity contribution in [1.82, 2.24) is 9.88 Å². The SMILES string of the molecule is Cc1ccc2c(n1)OC1(CCCC1)CN(CC1CC1)C2=O. The second-order valence-corrected chi connectivity index (χ2v) is 6.93. The van der Waals surface area contributed by atoms with Crippen molar-refractivity contribution in [3.8, 4) is 5.88 Å². The van der Waals surface area contributed by atoms with Gasteiger partial charge in [0.1, 0.15) is 11.2 Å². The maximum Gasteiger partial charge on any atom is 0.259 e. The fourth-order valence-corrected chi connectivity index (χ4v) is 3.64. The fraction of sp³-hybridized carbons (Fsp3) is 0.647. The number of aryl methyl sites for hydroxylation is 1. The van der Waals surface area contributed by atoms with Crippen LogP contribution in [0.2, 0.25) is 0 Å². The third kappa shape index (κ3) is 2.41. The summed E-state index contributed by atoms with van der Waals surface area (Å²) in [5.74, 6) is 1.36. The first-order valence-corrected chi connectivity index (χ1v) is 8.11. The second-order valence-electron chi connectivity index (χ2n) is 6.93. The van der Waals surface area contributed by atoms with Gasteiger partial charge < -0.3 is 9.64 Å². The molecular weight excluding hydrogens is 264 g/mol. The van der Waals surface area contributed by atoms with Crippen molar-refractivity contribution in [2.24, 2.45) is 5.92 Å². The molecule has 21 heavy (non-hydrogen) atoms. The molecule has 0 aromatic carbocycles. The molecule has 3 aliphatic rings. The first-order valence-electron chi connectivity index (χ1n) is 8.11. The zero-order valence-corrected chi connectivity index (χ0v) is 12.6. The molecule has 1 aliphatic heterocycles. The van der Waals surface area contributed by atoms with E-state index in [0.717, 1.165) is 31.6 Å². The van der Waals surface area contributed by atoms with Crippen LogP contribution in [-0.2, 0) is 0 Å².